The van der Waals surface area contributed by atoms with Crippen LogP contribution in [0.1, 0.15) is 19.3 Å². The highest BCUT2D eigenvalue weighted by molar-refractivity contribution is 6.32. The lowest BCUT2D eigenvalue weighted by atomic mass is 9.77. The molecule has 3 aliphatic rings. The maximum Gasteiger partial charge on any atom is 0.240 e. The highest BCUT2D eigenvalue weighted by Gasteiger charge is 2.46. The number of likely N-dealkylation sites (N-methyl/N-ethyl adjacent to an activating group) is 1. The number of halogens is 1. The number of carbonyl (C=O) groups excluding carboxylic acids is 1. The second-order valence-corrected chi connectivity index (χ2v) is 8.41. The van der Waals surface area contributed by atoms with Gasteiger partial charge in [0.15, 0.2) is 0 Å². The quantitative estimate of drug-likeness (QED) is 0.845. The molecule has 0 aromatic carbocycles. The Balaban J connectivity index is 1.37. The summed E-state index contributed by atoms with van der Waals surface area (Å²) < 4.78 is 0. The molecule has 26 heavy (non-hydrogen) atoms. The van der Waals surface area contributed by atoms with Crippen LogP contribution in [-0.2, 0) is 4.79 Å². The number of nitrogens with one attached hydrogen (secondary N) is 1. The molecule has 4 rings (SSSR count). The molecule has 3 aliphatic heterocycles. The van der Waals surface area contributed by atoms with Crippen LogP contribution in [0.25, 0.3) is 0 Å². The summed E-state index contributed by atoms with van der Waals surface area (Å²) in [5, 5.41) is 4.12. The van der Waals surface area contributed by atoms with Gasteiger partial charge in [0, 0.05) is 38.9 Å². The molecule has 0 unspecified atom stereocenters. The summed E-state index contributed by atoms with van der Waals surface area (Å²) in [6, 6.07) is 3.75. The zero-order chi connectivity index (χ0) is 18.1. The third kappa shape index (κ3) is 3.42. The van der Waals surface area contributed by atoms with E-state index < -0.39 is 0 Å². The Morgan fingerprint density at radius 1 is 1.27 bits per heavy atom. The van der Waals surface area contributed by atoms with Gasteiger partial charge in [-0.25, -0.2) is 4.98 Å². The van der Waals surface area contributed by atoms with Crippen LogP contribution in [-0.4, -0.2) is 79.6 Å². The molecule has 0 saturated carbocycles. The number of piperidine rings is 1. The van der Waals surface area contributed by atoms with Crippen molar-refractivity contribution < 1.29 is 4.79 Å². The van der Waals surface area contributed by atoms with Crippen LogP contribution in [0.3, 0.4) is 0 Å². The minimum absolute atomic E-state index is 0.0399. The number of pyridine rings is 1. The number of hydrogen-bond donors (Lipinski definition) is 1. The zero-order valence-electron chi connectivity index (χ0n) is 15.5. The fourth-order valence-electron chi connectivity index (χ4n) is 4.82. The molecular formula is C19H28ClN5O. The summed E-state index contributed by atoms with van der Waals surface area (Å²) in [6.45, 7) is 6.27. The summed E-state index contributed by atoms with van der Waals surface area (Å²) in [7, 11) is 2.11. The Labute approximate surface area is 160 Å². The number of rotatable bonds is 2. The zero-order valence-corrected chi connectivity index (χ0v) is 16.2. The van der Waals surface area contributed by atoms with E-state index in [1.807, 2.05) is 17.0 Å². The fraction of sp³-hybridized carbons (Fsp3) is 0.684. The van der Waals surface area contributed by atoms with Crippen LogP contribution in [0.2, 0.25) is 5.02 Å². The molecule has 142 valence electrons. The molecule has 1 atom stereocenters. The van der Waals surface area contributed by atoms with Gasteiger partial charge in [0.25, 0.3) is 0 Å². The molecule has 6 nitrogen and oxygen atoms in total. The molecule has 1 aromatic heterocycles. The van der Waals surface area contributed by atoms with E-state index >= 15 is 0 Å². The molecule has 1 aromatic rings. The summed E-state index contributed by atoms with van der Waals surface area (Å²) in [6.07, 6.45) is 5.15. The monoisotopic (exact) mass is 377 g/mol. The van der Waals surface area contributed by atoms with Crippen molar-refractivity contribution in [3.8, 4) is 0 Å². The van der Waals surface area contributed by atoms with E-state index in [-0.39, 0.29) is 6.04 Å². The van der Waals surface area contributed by atoms with Crippen LogP contribution < -0.4 is 10.2 Å². The lowest BCUT2D eigenvalue weighted by Gasteiger charge is -2.37. The first-order valence-electron chi connectivity index (χ1n) is 9.63. The average Bonchev–Trinajstić information content (AvgIpc) is 2.98. The number of hydrogen-bond acceptors (Lipinski definition) is 5. The van der Waals surface area contributed by atoms with Gasteiger partial charge in [-0.2, -0.15) is 0 Å². The molecule has 1 amide bonds. The average molecular weight is 378 g/mol. The van der Waals surface area contributed by atoms with E-state index in [9.17, 15) is 4.79 Å². The smallest absolute Gasteiger partial charge is 0.240 e. The van der Waals surface area contributed by atoms with Gasteiger partial charge in [-0.15, -0.1) is 0 Å². The van der Waals surface area contributed by atoms with Gasteiger partial charge in [-0.3, -0.25) is 9.69 Å². The molecule has 3 saturated heterocycles. The molecule has 0 radical (unpaired) electrons. The Morgan fingerprint density at radius 3 is 2.69 bits per heavy atom. The molecule has 3 fully saturated rings. The fourth-order valence-corrected chi connectivity index (χ4v) is 5.07. The van der Waals surface area contributed by atoms with E-state index in [4.69, 9.17) is 11.6 Å². The SMILES string of the molecule is CN1CC2(CCNCC2)C[C@H]1C(=O)N1CCN(c2ncccc2Cl)CC1. The lowest BCUT2D eigenvalue weighted by Crippen LogP contribution is -2.53. The topological polar surface area (TPSA) is 51.7 Å². The van der Waals surface area contributed by atoms with Gasteiger partial charge in [0.1, 0.15) is 5.82 Å². The third-order valence-electron chi connectivity index (χ3n) is 6.32. The second-order valence-electron chi connectivity index (χ2n) is 8.01. The van der Waals surface area contributed by atoms with Crippen molar-refractivity contribution in [3.63, 3.8) is 0 Å². The summed E-state index contributed by atoms with van der Waals surface area (Å²) >= 11 is 6.27. The maximum atomic E-state index is 13.2. The van der Waals surface area contributed by atoms with Crippen molar-refractivity contribution in [2.24, 2.45) is 5.41 Å². The first-order chi connectivity index (χ1) is 12.6. The molecule has 0 bridgehead atoms. The predicted molar refractivity (Wildman–Crippen MR) is 104 cm³/mol. The van der Waals surface area contributed by atoms with E-state index in [1.54, 1.807) is 6.20 Å². The first-order valence-corrected chi connectivity index (χ1v) is 10.0. The molecule has 1 N–H and O–H groups in total. The highest BCUT2D eigenvalue weighted by Crippen LogP contribution is 2.41. The van der Waals surface area contributed by atoms with Crippen LogP contribution in [0.5, 0.6) is 0 Å². The first kappa shape index (κ1) is 18.0. The Morgan fingerprint density at radius 2 is 2.00 bits per heavy atom. The van der Waals surface area contributed by atoms with Crippen LogP contribution in [0.4, 0.5) is 5.82 Å². The number of nitrogens with zero attached hydrogens (tertiary/aromatic N) is 4. The van der Waals surface area contributed by atoms with Crippen LogP contribution in [0.15, 0.2) is 18.3 Å². The number of piperazine rings is 1. The van der Waals surface area contributed by atoms with Crippen molar-refractivity contribution in [2.45, 2.75) is 25.3 Å². The Bertz CT molecular complexity index is 655. The van der Waals surface area contributed by atoms with Crippen molar-refractivity contribution in [1.82, 2.24) is 20.1 Å². The molecular weight excluding hydrogens is 350 g/mol. The van der Waals surface area contributed by atoms with Gasteiger partial charge < -0.3 is 15.1 Å². The number of aromatic nitrogens is 1. The Kier molecular flexibility index (Phi) is 5.08. The Hall–Kier alpha value is -1.37. The molecule has 1 spiro atoms. The van der Waals surface area contributed by atoms with Crippen molar-refractivity contribution in [2.75, 3.05) is 57.8 Å². The second kappa shape index (κ2) is 7.33. The summed E-state index contributed by atoms with van der Waals surface area (Å²) in [5.74, 6) is 1.13. The van der Waals surface area contributed by atoms with Crippen molar-refractivity contribution >= 4 is 23.3 Å². The van der Waals surface area contributed by atoms with Gasteiger partial charge in [0.2, 0.25) is 5.91 Å². The third-order valence-corrected chi connectivity index (χ3v) is 6.62. The largest absolute Gasteiger partial charge is 0.352 e. The van der Waals surface area contributed by atoms with E-state index in [0.29, 0.717) is 16.3 Å². The minimum Gasteiger partial charge on any atom is -0.352 e. The summed E-state index contributed by atoms with van der Waals surface area (Å²) in [4.78, 5) is 24.1. The van der Waals surface area contributed by atoms with Gasteiger partial charge >= 0.3 is 0 Å². The van der Waals surface area contributed by atoms with Crippen LogP contribution in [0, 0.1) is 5.41 Å². The minimum atomic E-state index is 0.0399. The number of carbonyl (C=O) groups is 1. The van der Waals surface area contributed by atoms with Crippen molar-refractivity contribution in [3.05, 3.63) is 23.4 Å². The predicted octanol–water partition coefficient (Wildman–Crippen LogP) is 1.46. The highest BCUT2D eigenvalue weighted by atomic mass is 35.5. The molecule has 0 aliphatic carbocycles. The van der Waals surface area contributed by atoms with E-state index in [0.717, 1.165) is 58.1 Å². The van der Waals surface area contributed by atoms with Crippen molar-refractivity contribution in [1.29, 1.82) is 0 Å². The van der Waals surface area contributed by atoms with E-state index in [2.05, 4.69) is 27.1 Å². The summed E-state index contributed by atoms with van der Waals surface area (Å²) in [5.41, 5.74) is 0.337. The number of anilines is 1. The molecule has 4 heterocycles. The number of amides is 1. The maximum absolute atomic E-state index is 13.2. The standard InChI is InChI=1S/C19H28ClN5O/c1-23-14-19(4-7-21-8-5-19)13-16(23)18(26)25-11-9-24(10-12-25)17-15(20)3-2-6-22-17/h2-3,6,16,21H,4-5,7-14H2,1H3/t16-/m0/s1. The van der Waals surface area contributed by atoms with E-state index in [1.165, 1.54) is 12.8 Å². The molecule has 7 heteroatoms. The van der Waals surface area contributed by atoms with Crippen LogP contribution >= 0.6 is 11.6 Å². The lowest BCUT2D eigenvalue weighted by molar-refractivity contribution is -0.135. The number of likely N-dealkylation sites (tertiary alicyclic amines) is 1. The normalized spacial score (nSPS) is 26.5. The van der Waals surface area contributed by atoms with Gasteiger partial charge in [-0.1, -0.05) is 11.6 Å². The van der Waals surface area contributed by atoms with Gasteiger partial charge in [-0.05, 0) is 56.9 Å². The van der Waals surface area contributed by atoms with Gasteiger partial charge in [0.05, 0.1) is 11.1 Å².